The first kappa shape index (κ1) is 23.9. The van der Waals surface area contributed by atoms with Crippen LogP contribution in [-0.2, 0) is 22.6 Å². The van der Waals surface area contributed by atoms with E-state index in [4.69, 9.17) is 21.1 Å². The van der Waals surface area contributed by atoms with Crippen LogP contribution < -0.4 is 14.8 Å². The summed E-state index contributed by atoms with van der Waals surface area (Å²) in [5.41, 5.74) is 1.92. The molecule has 0 bridgehead atoms. The Morgan fingerprint density at radius 3 is 2.44 bits per heavy atom. The number of hydrogen-bond acceptors (Lipinski definition) is 4. The van der Waals surface area contributed by atoms with Crippen molar-refractivity contribution in [1.29, 1.82) is 0 Å². The number of nitrogens with one attached hydrogen (secondary N) is 1. The van der Waals surface area contributed by atoms with Crippen molar-refractivity contribution in [2.24, 2.45) is 5.92 Å². The first-order valence-corrected chi connectivity index (χ1v) is 11.4. The SMILES string of the molecule is CC[C@@H](C(=O)NCC(C)C)N(Cc1ccc(Cl)cc1)C(=O)CCc1ccc2c(c1)OCO2. The number of carbonyl (C=O) groups excluding carboxylic acids is 2. The van der Waals surface area contributed by atoms with Crippen molar-refractivity contribution in [2.75, 3.05) is 13.3 Å². The second-order valence-corrected chi connectivity index (χ2v) is 8.84. The Labute approximate surface area is 194 Å². The number of carbonyl (C=O) groups is 2. The minimum atomic E-state index is -0.534. The molecule has 1 heterocycles. The summed E-state index contributed by atoms with van der Waals surface area (Å²) in [4.78, 5) is 27.9. The molecule has 0 unspecified atom stereocenters. The molecule has 0 saturated heterocycles. The van der Waals surface area contributed by atoms with Crippen molar-refractivity contribution in [3.63, 3.8) is 0 Å². The molecule has 0 aliphatic carbocycles. The molecular weight excluding hydrogens is 428 g/mol. The van der Waals surface area contributed by atoms with Gasteiger partial charge >= 0.3 is 0 Å². The number of hydrogen-bond donors (Lipinski definition) is 1. The van der Waals surface area contributed by atoms with Crippen LogP contribution in [0.4, 0.5) is 0 Å². The van der Waals surface area contributed by atoms with Crippen molar-refractivity contribution in [1.82, 2.24) is 10.2 Å². The van der Waals surface area contributed by atoms with Gasteiger partial charge in [0.25, 0.3) is 0 Å². The first-order chi connectivity index (χ1) is 15.4. The fourth-order valence-electron chi connectivity index (χ4n) is 3.62. The normalized spacial score (nSPS) is 13.2. The molecule has 6 nitrogen and oxygen atoms in total. The largest absolute Gasteiger partial charge is 0.454 e. The summed E-state index contributed by atoms with van der Waals surface area (Å²) in [7, 11) is 0. The maximum Gasteiger partial charge on any atom is 0.242 e. The third kappa shape index (κ3) is 6.39. The average Bonchev–Trinajstić information content (AvgIpc) is 3.25. The fourth-order valence-corrected chi connectivity index (χ4v) is 3.75. The maximum absolute atomic E-state index is 13.3. The van der Waals surface area contributed by atoms with Crippen molar-refractivity contribution in [3.8, 4) is 11.5 Å². The van der Waals surface area contributed by atoms with Gasteiger partial charge in [-0.25, -0.2) is 0 Å². The zero-order chi connectivity index (χ0) is 23.1. The van der Waals surface area contributed by atoms with Crippen LogP contribution in [0.25, 0.3) is 0 Å². The molecule has 1 atom stereocenters. The minimum absolute atomic E-state index is 0.0656. The lowest BCUT2D eigenvalue weighted by molar-refractivity contribution is -0.141. The van der Waals surface area contributed by atoms with E-state index in [1.165, 1.54) is 0 Å². The van der Waals surface area contributed by atoms with E-state index in [9.17, 15) is 9.59 Å². The lowest BCUT2D eigenvalue weighted by Crippen LogP contribution is -2.49. The standard InChI is InChI=1S/C25H31ClN2O4/c1-4-21(25(30)27-14-17(2)3)28(15-19-5-9-20(26)10-6-19)24(29)12-8-18-7-11-22-23(13-18)32-16-31-22/h5-7,9-11,13,17,21H,4,8,12,14-16H2,1-3H3,(H,27,30)/t21-/m0/s1. The van der Waals surface area contributed by atoms with E-state index in [1.807, 2.05) is 51.1 Å². The van der Waals surface area contributed by atoms with E-state index in [1.54, 1.807) is 17.0 Å². The van der Waals surface area contributed by atoms with Gasteiger partial charge in [0.2, 0.25) is 18.6 Å². The highest BCUT2D eigenvalue weighted by atomic mass is 35.5. The number of nitrogens with zero attached hydrogens (tertiary/aromatic N) is 1. The number of aryl methyl sites for hydroxylation is 1. The molecule has 32 heavy (non-hydrogen) atoms. The molecule has 172 valence electrons. The van der Waals surface area contributed by atoms with Gasteiger partial charge in [-0.1, -0.05) is 50.6 Å². The van der Waals surface area contributed by atoms with Gasteiger partial charge in [0.15, 0.2) is 11.5 Å². The van der Waals surface area contributed by atoms with Crippen LogP contribution in [-0.4, -0.2) is 36.1 Å². The van der Waals surface area contributed by atoms with E-state index in [-0.39, 0.29) is 18.6 Å². The predicted molar refractivity (Wildman–Crippen MR) is 125 cm³/mol. The Balaban J connectivity index is 1.74. The highest BCUT2D eigenvalue weighted by molar-refractivity contribution is 6.30. The van der Waals surface area contributed by atoms with Crippen LogP contribution in [0, 0.1) is 5.92 Å². The van der Waals surface area contributed by atoms with Crippen molar-refractivity contribution in [2.45, 2.75) is 52.6 Å². The summed E-state index contributed by atoms with van der Waals surface area (Å²) in [5, 5.41) is 3.62. The monoisotopic (exact) mass is 458 g/mol. The lowest BCUT2D eigenvalue weighted by atomic mass is 10.1. The molecule has 3 rings (SSSR count). The quantitative estimate of drug-likeness (QED) is 0.565. The molecule has 0 radical (unpaired) electrons. The van der Waals surface area contributed by atoms with E-state index in [0.29, 0.717) is 49.0 Å². The van der Waals surface area contributed by atoms with Gasteiger partial charge in [0.1, 0.15) is 6.04 Å². The number of halogens is 1. The Morgan fingerprint density at radius 1 is 1.06 bits per heavy atom. The molecule has 0 aromatic heterocycles. The van der Waals surface area contributed by atoms with Gasteiger partial charge in [-0.2, -0.15) is 0 Å². The minimum Gasteiger partial charge on any atom is -0.454 e. The Morgan fingerprint density at radius 2 is 1.75 bits per heavy atom. The maximum atomic E-state index is 13.3. The summed E-state index contributed by atoms with van der Waals surface area (Å²) in [5.74, 6) is 1.57. The molecule has 0 fully saturated rings. The first-order valence-electron chi connectivity index (χ1n) is 11.1. The Bertz CT molecular complexity index is 930. The van der Waals surface area contributed by atoms with Crippen LogP contribution >= 0.6 is 11.6 Å². The zero-order valence-electron chi connectivity index (χ0n) is 18.9. The third-order valence-electron chi connectivity index (χ3n) is 5.40. The van der Waals surface area contributed by atoms with Crippen LogP contribution in [0.2, 0.25) is 5.02 Å². The van der Waals surface area contributed by atoms with Gasteiger partial charge in [-0.15, -0.1) is 0 Å². The zero-order valence-corrected chi connectivity index (χ0v) is 19.7. The van der Waals surface area contributed by atoms with Gasteiger partial charge < -0.3 is 19.7 Å². The molecule has 2 aromatic rings. The van der Waals surface area contributed by atoms with Crippen molar-refractivity contribution < 1.29 is 19.1 Å². The summed E-state index contributed by atoms with van der Waals surface area (Å²) < 4.78 is 10.8. The third-order valence-corrected chi connectivity index (χ3v) is 5.65. The molecular formula is C25H31ClN2O4. The molecule has 1 aliphatic rings. The van der Waals surface area contributed by atoms with Crippen molar-refractivity contribution >= 4 is 23.4 Å². The Kier molecular flexibility index (Phi) is 8.39. The summed E-state index contributed by atoms with van der Waals surface area (Å²) >= 11 is 6.02. The lowest BCUT2D eigenvalue weighted by Gasteiger charge is -2.31. The molecule has 1 N–H and O–H groups in total. The van der Waals surface area contributed by atoms with Gasteiger partial charge in [-0.05, 0) is 54.2 Å². The van der Waals surface area contributed by atoms with E-state index in [2.05, 4.69) is 5.32 Å². The summed E-state index contributed by atoms with van der Waals surface area (Å²) in [6.07, 6.45) is 1.38. The van der Waals surface area contributed by atoms with Crippen LogP contribution in [0.3, 0.4) is 0 Å². The predicted octanol–water partition coefficient (Wildman–Crippen LogP) is 4.58. The van der Waals surface area contributed by atoms with Gasteiger partial charge in [0, 0.05) is 24.5 Å². The number of rotatable bonds is 10. The Hall–Kier alpha value is -2.73. The molecule has 2 aromatic carbocycles. The average molecular weight is 459 g/mol. The molecule has 7 heteroatoms. The molecule has 0 spiro atoms. The van der Waals surface area contributed by atoms with Crippen LogP contribution in [0.1, 0.15) is 44.7 Å². The highest BCUT2D eigenvalue weighted by Gasteiger charge is 2.28. The van der Waals surface area contributed by atoms with Crippen molar-refractivity contribution in [3.05, 3.63) is 58.6 Å². The molecule has 2 amide bonds. The topological polar surface area (TPSA) is 67.9 Å². The molecule has 0 saturated carbocycles. The number of amides is 2. The summed E-state index contributed by atoms with van der Waals surface area (Å²) in [6.45, 7) is 7.17. The number of fused-ring (bicyclic) bond motifs is 1. The van der Waals surface area contributed by atoms with Crippen LogP contribution in [0.15, 0.2) is 42.5 Å². The van der Waals surface area contributed by atoms with Gasteiger partial charge in [0.05, 0.1) is 0 Å². The second kappa shape index (κ2) is 11.2. The fraction of sp³-hybridized carbons (Fsp3) is 0.440. The number of ether oxygens (including phenoxy) is 2. The van der Waals surface area contributed by atoms with E-state index < -0.39 is 6.04 Å². The molecule has 1 aliphatic heterocycles. The van der Waals surface area contributed by atoms with Crippen LogP contribution in [0.5, 0.6) is 11.5 Å². The summed E-state index contributed by atoms with van der Waals surface area (Å²) in [6, 6.07) is 12.6. The van der Waals surface area contributed by atoms with Gasteiger partial charge in [-0.3, -0.25) is 9.59 Å². The van der Waals surface area contributed by atoms with E-state index in [0.717, 1.165) is 16.9 Å². The smallest absolute Gasteiger partial charge is 0.242 e. The number of benzene rings is 2. The van der Waals surface area contributed by atoms with E-state index >= 15 is 0 Å². The highest BCUT2D eigenvalue weighted by Crippen LogP contribution is 2.32. The second-order valence-electron chi connectivity index (χ2n) is 8.40.